The van der Waals surface area contributed by atoms with Crippen LogP contribution in [0, 0.1) is 6.92 Å². The zero-order chi connectivity index (χ0) is 15.2. The number of aliphatic hydroxyl groups is 1. The number of nitrogens with zero attached hydrogens (tertiary/aromatic N) is 1. The van der Waals surface area contributed by atoms with Crippen LogP contribution >= 0.6 is 0 Å². The number of carbonyl (C=O) groups excluding carboxylic acids is 1. The molecule has 0 aromatic heterocycles. The number of anilines is 2. The standard InChI is InChI=1S/C16H25N3O2/c1-12-6-5-8-14(17)16(12)18-15(21)10-19-9-4-2-3-7-13(19)11-20/h5-6,8,13,20H,2-4,7,9-11,17H2,1H3,(H,18,21). The Morgan fingerprint density at radius 3 is 2.95 bits per heavy atom. The first-order chi connectivity index (χ1) is 10.1. The van der Waals surface area contributed by atoms with Crippen LogP contribution in [0.2, 0.25) is 0 Å². The van der Waals surface area contributed by atoms with E-state index in [4.69, 9.17) is 5.73 Å². The molecular weight excluding hydrogens is 266 g/mol. The van der Waals surface area contributed by atoms with Gasteiger partial charge in [-0.2, -0.15) is 0 Å². The van der Waals surface area contributed by atoms with Crippen molar-refractivity contribution in [2.45, 2.75) is 38.6 Å². The Morgan fingerprint density at radius 1 is 1.43 bits per heavy atom. The predicted octanol–water partition coefficient (Wildman–Crippen LogP) is 1.75. The Kier molecular flexibility index (Phi) is 5.59. The number of rotatable bonds is 4. The minimum Gasteiger partial charge on any atom is -0.397 e. The third-order valence-corrected chi connectivity index (χ3v) is 4.13. The first kappa shape index (κ1) is 15.8. The summed E-state index contributed by atoms with van der Waals surface area (Å²) in [5.74, 6) is -0.0728. The maximum Gasteiger partial charge on any atom is 0.238 e. The lowest BCUT2D eigenvalue weighted by atomic mass is 10.1. The van der Waals surface area contributed by atoms with Crippen LogP contribution in [0.25, 0.3) is 0 Å². The molecule has 1 aromatic carbocycles. The van der Waals surface area contributed by atoms with E-state index < -0.39 is 0 Å². The van der Waals surface area contributed by atoms with E-state index in [0.29, 0.717) is 17.9 Å². The minimum absolute atomic E-state index is 0.0728. The lowest BCUT2D eigenvalue weighted by Crippen LogP contribution is -2.42. The molecule has 0 radical (unpaired) electrons. The Balaban J connectivity index is 2.00. The van der Waals surface area contributed by atoms with Crippen LogP contribution in [0.3, 0.4) is 0 Å². The second-order valence-corrected chi connectivity index (χ2v) is 5.74. The van der Waals surface area contributed by atoms with Crippen molar-refractivity contribution in [3.63, 3.8) is 0 Å². The van der Waals surface area contributed by atoms with E-state index in [1.165, 1.54) is 6.42 Å². The molecule has 1 saturated heterocycles. The van der Waals surface area contributed by atoms with Gasteiger partial charge >= 0.3 is 0 Å². The van der Waals surface area contributed by atoms with Crippen molar-refractivity contribution >= 4 is 17.3 Å². The highest BCUT2D eigenvalue weighted by atomic mass is 16.3. The Morgan fingerprint density at radius 2 is 2.24 bits per heavy atom. The number of hydrogen-bond donors (Lipinski definition) is 3. The number of para-hydroxylation sites is 1. The zero-order valence-electron chi connectivity index (χ0n) is 12.6. The zero-order valence-corrected chi connectivity index (χ0v) is 12.6. The quantitative estimate of drug-likeness (QED) is 0.739. The highest BCUT2D eigenvalue weighted by Gasteiger charge is 2.22. The van der Waals surface area contributed by atoms with Gasteiger partial charge in [0.25, 0.3) is 0 Å². The minimum atomic E-state index is -0.0728. The van der Waals surface area contributed by atoms with Crippen LogP contribution in [0.15, 0.2) is 18.2 Å². The molecule has 2 rings (SSSR count). The molecule has 1 unspecified atom stereocenters. The number of likely N-dealkylation sites (tertiary alicyclic amines) is 1. The topological polar surface area (TPSA) is 78.6 Å². The third-order valence-electron chi connectivity index (χ3n) is 4.13. The summed E-state index contributed by atoms with van der Waals surface area (Å²) in [6, 6.07) is 5.67. The molecule has 0 bridgehead atoms. The molecule has 0 spiro atoms. The number of benzene rings is 1. The van der Waals surface area contributed by atoms with Gasteiger partial charge in [-0.15, -0.1) is 0 Å². The molecule has 1 aliphatic rings. The lowest BCUT2D eigenvalue weighted by molar-refractivity contribution is -0.118. The smallest absolute Gasteiger partial charge is 0.238 e. The maximum atomic E-state index is 12.3. The molecule has 5 heteroatoms. The first-order valence-corrected chi connectivity index (χ1v) is 7.61. The summed E-state index contributed by atoms with van der Waals surface area (Å²) in [4.78, 5) is 14.3. The van der Waals surface area contributed by atoms with E-state index in [1.54, 1.807) is 6.07 Å². The van der Waals surface area contributed by atoms with Gasteiger partial charge in [-0.05, 0) is 37.9 Å². The normalized spacial score (nSPS) is 20.0. The van der Waals surface area contributed by atoms with Crippen molar-refractivity contribution in [2.75, 3.05) is 30.7 Å². The van der Waals surface area contributed by atoms with Gasteiger partial charge in [0.2, 0.25) is 5.91 Å². The average Bonchev–Trinajstić information content (AvgIpc) is 2.68. The van der Waals surface area contributed by atoms with Crippen LogP contribution in [-0.2, 0) is 4.79 Å². The second kappa shape index (κ2) is 7.43. The molecule has 0 aliphatic carbocycles. The fourth-order valence-corrected chi connectivity index (χ4v) is 2.88. The van der Waals surface area contributed by atoms with Gasteiger partial charge in [-0.1, -0.05) is 25.0 Å². The van der Waals surface area contributed by atoms with Crippen molar-refractivity contribution < 1.29 is 9.90 Å². The predicted molar refractivity (Wildman–Crippen MR) is 85.1 cm³/mol. The molecule has 0 saturated carbocycles. The van der Waals surface area contributed by atoms with Gasteiger partial charge in [-0.25, -0.2) is 0 Å². The summed E-state index contributed by atoms with van der Waals surface area (Å²) >= 11 is 0. The van der Waals surface area contributed by atoms with E-state index in [-0.39, 0.29) is 18.6 Å². The van der Waals surface area contributed by atoms with Gasteiger partial charge < -0.3 is 16.2 Å². The maximum absolute atomic E-state index is 12.3. The SMILES string of the molecule is Cc1cccc(N)c1NC(=O)CN1CCCCCC1CO. The number of nitrogen functional groups attached to an aromatic ring is 1. The Hall–Kier alpha value is -1.59. The number of nitrogens with one attached hydrogen (secondary N) is 1. The molecule has 1 aliphatic heterocycles. The van der Waals surface area contributed by atoms with E-state index in [2.05, 4.69) is 10.2 Å². The van der Waals surface area contributed by atoms with Gasteiger partial charge in [-0.3, -0.25) is 9.69 Å². The number of aryl methyl sites for hydroxylation is 1. The van der Waals surface area contributed by atoms with Crippen molar-refractivity contribution in [1.82, 2.24) is 4.90 Å². The van der Waals surface area contributed by atoms with E-state index in [1.807, 2.05) is 19.1 Å². The Labute approximate surface area is 126 Å². The average molecular weight is 291 g/mol. The van der Waals surface area contributed by atoms with Gasteiger partial charge in [0.05, 0.1) is 24.5 Å². The number of hydrogen-bond acceptors (Lipinski definition) is 4. The molecule has 1 amide bonds. The number of nitrogens with two attached hydrogens (primary N) is 1. The summed E-state index contributed by atoms with van der Waals surface area (Å²) in [6.45, 7) is 3.20. The van der Waals surface area contributed by atoms with Crippen molar-refractivity contribution in [2.24, 2.45) is 0 Å². The monoisotopic (exact) mass is 291 g/mol. The van der Waals surface area contributed by atoms with Gasteiger partial charge in [0, 0.05) is 6.04 Å². The van der Waals surface area contributed by atoms with Crippen LogP contribution in [0.4, 0.5) is 11.4 Å². The van der Waals surface area contributed by atoms with Crippen LogP contribution in [0.5, 0.6) is 0 Å². The summed E-state index contributed by atoms with van der Waals surface area (Å²) in [5, 5.41) is 12.4. The van der Waals surface area contributed by atoms with Crippen molar-refractivity contribution in [3.05, 3.63) is 23.8 Å². The molecule has 116 valence electrons. The largest absolute Gasteiger partial charge is 0.397 e. The third kappa shape index (κ3) is 4.19. The molecule has 1 fully saturated rings. The van der Waals surface area contributed by atoms with Crippen LogP contribution in [-0.4, -0.2) is 41.7 Å². The second-order valence-electron chi connectivity index (χ2n) is 5.74. The van der Waals surface area contributed by atoms with Crippen LogP contribution < -0.4 is 11.1 Å². The number of amides is 1. The van der Waals surface area contributed by atoms with E-state index >= 15 is 0 Å². The van der Waals surface area contributed by atoms with Crippen LogP contribution in [0.1, 0.15) is 31.2 Å². The molecule has 5 nitrogen and oxygen atoms in total. The molecule has 1 heterocycles. The summed E-state index contributed by atoms with van der Waals surface area (Å²) in [5.41, 5.74) is 8.14. The fraction of sp³-hybridized carbons (Fsp3) is 0.562. The highest BCUT2D eigenvalue weighted by Crippen LogP contribution is 2.23. The molecular formula is C16H25N3O2. The summed E-state index contributed by atoms with van der Waals surface area (Å²) < 4.78 is 0. The number of carbonyl (C=O) groups is 1. The number of aliphatic hydroxyl groups excluding tert-OH is 1. The Bertz CT molecular complexity index is 470. The van der Waals surface area contributed by atoms with E-state index in [9.17, 15) is 9.90 Å². The van der Waals surface area contributed by atoms with E-state index in [0.717, 1.165) is 31.4 Å². The molecule has 1 aromatic rings. The fourth-order valence-electron chi connectivity index (χ4n) is 2.88. The highest BCUT2D eigenvalue weighted by molar-refractivity contribution is 5.96. The summed E-state index contributed by atoms with van der Waals surface area (Å²) in [7, 11) is 0. The van der Waals surface area contributed by atoms with Gasteiger partial charge in [0.15, 0.2) is 0 Å². The first-order valence-electron chi connectivity index (χ1n) is 7.61. The lowest BCUT2D eigenvalue weighted by Gasteiger charge is -2.27. The molecule has 21 heavy (non-hydrogen) atoms. The van der Waals surface area contributed by atoms with Crippen molar-refractivity contribution in [3.8, 4) is 0 Å². The summed E-state index contributed by atoms with van der Waals surface area (Å²) in [6.07, 6.45) is 4.32. The van der Waals surface area contributed by atoms with Gasteiger partial charge in [0.1, 0.15) is 0 Å². The molecule has 1 atom stereocenters. The molecule has 4 N–H and O–H groups in total. The van der Waals surface area contributed by atoms with Crippen molar-refractivity contribution in [1.29, 1.82) is 0 Å².